The molecule has 0 aliphatic carbocycles. The molecule has 0 spiro atoms. The second-order valence-corrected chi connectivity index (χ2v) is 6.57. The van der Waals surface area contributed by atoms with E-state index in [2.05, 4.69) is 13.8 Å². The van der Waals surface area contributed by atoms with E-state index in [9.17, 15) is 4.21 Å². The lowest BCUT2D eigenvalue weighted by atomic mass is 10.2. The summed E-state index contributed by atoms with van der Waals surface area (Å²) in [7, 11) is -1.09. The summed E-state index contributed by atoms with van der Waals surface area (Å²) >= 11 is 6.10. The first kappa shape index (κ1) is 12.7. The molecule has 1 nitrogen and oxygen atoms in total. The topological polar surface area (TPSA) is 17.1 Å². The first-order chi connectivity index (χ1) is 7.00. The van der Waals surface area contributed by atoms with Gasteiger partial charge in [0.25, 0.3) is 0 Å². The highest BCUT2D eigenvalue weighted by atomic mass is 35.5. The van der Waals surface area contributed by atoms with Crippen LogP contribution in [0.2, 0.25) is 0 Å². The molecule has 0 bridgehead atoms. The van der Waals surface area contributed by atoms with Crippen molar-refractivity contribution in [3.05, 3.63) is 29.8 Å². The maximum absolute atomic E-state index is 12.0. The minimum atomic E-state index is -1.09. The molecular weight excluding hydrogens is 228 g/mol. The number of alkyl halides is 1. The second-order valence-electron chi connectivity index (χ2n) is 4.15. The molecule has 1 unspecified atom stereocenters. The molecule has 0 aromatic heterocycles. The minimum absolute atomic E-state index is 0.285. The maximum Gasteiger partial charge on any atom is 0.114 e. The summed E-state index contributed by atoms with van der Waals surface area (Å²) in [5.41, 5.74) is 1.17. The summed E-state index contributed by atoms with van der Waals surface area (Å²) in [5.74, 6) is 0.474. The van der Waals surface area contributed by atoms with Crippen LogP contribution in [0.25, 0.3) is 0 Å². The van der Waals surface area contributed by atoms with Gasteiger partial charge in [-0.05, 0) is 31.4 Å². The van der Waals surface area contributed by atoms with Gasteiger partial charge in [0.15, 0.2) is 0 Å². The van der Waals surface area contributed by atoms with E-state index in [0.29, 0.717) is 5.92 Å². The van der Waals surface area contributed by atoms with Gasteiger partial charge in [0, 0.05) is 4.90 Å². The van der Waals surface area contributed by atoms with Gasteiger partial charge in [-0.3, -0.25) is 4.21 Å². The lowest BCUT2D eigenvalue weighted by molar-refractivity contribution is 0.604. The largest absolute Gasteiger partial charge is 0.253 e. The molecule has 0 amide bonds. The molecule has 0 saturated heterocycles. The van der Waals surface area contributed by atoms with Gasteiger partial charge in [-0.1, -0.05) is 31.5 Å². The van der Waals surface area contributed by atoms with Gasteiger partial charge in [-0.25, -0.2) is 0 Å². The van der Waals surface area contributed by atoms with Crippen molar-refractivity contribution >= 4 is 22.4 Å². The van der Waals surface area contributed by atoms with Gasteiger partial charge in [-0.2, -0.15) is 0 Å². The Bertz CT molecular complexity index is 332. The van der Waals surface area contributed by atoms with Crippen molar-refractivity contribution in [2.45, 2.75) is 36.8 Å². The SMILES string of the molecule is Cc1ccc(S(=O)[C@@H](Cl)CC(C)C)cc1. The van der Waals surface area contributed by atoms with Gasteiger partial charge in [0.1, 0.15) is 4.71 Å². The molecule has 0 aliphatic heterocycles. The van der Waals surface area contributed by atoms with E-state index in [4.69, 9.17) is 11.6 Å². The first-order valence-corrected chi connectivity index (χ1v) is 6.77. The van der Waals surface area contributed by atoms with Gasteiger partial charge in [0.2, 0.25) is 0 Å². The molecule has 1 aromatic carbocycles. The second kappa shape index (κ2) is 5.66. The summed E-state index contributed by atoms with van der Waals surface area (Å²) in [6.45, 7) is 6.18. The predicted octanol–water partition coefficient (Wildman–Crippen LogP) is 3.71. The molecule has 2 atom stereocenters. The highest BCUT2D eigenvalue weighted by Crippen LogP contribution is 2.20. The Morgan fingerprint density at radius 3 is 2.27 bits per heavy atom. The first-order valence-electron chi connectivity index (χ1n) is 5.12. The third-order valence-electron chi connectivity index (χ3n) is 2.14. The Morgan fingerprint density at radius 2 is 1.80 bits per heavy atom. The fraction of sp³-hybridized carbons (Fsp3) is 0.500. The lowest BCUT2D eigenvalue weighted by Gasteiger charge is -2.11. The molecule has 0 heterocycles. The number of benzene rings is 1. The van der Waals surface area contributed by atoms with Crippen LogP contribution in [0, 0.1) is 12.8 Å². The zero-order chi connectivity index (χ0) is 11.4. The number of rotatable bonds is 4. The molecule has 0 fully saturated rings. The van der Waals surface area contributed by atoms with Crippen LogP contribution in [-0.2, 0) is 10.8 Å². The summed E-state index contributed by atoms with van der Waals surface area (Å²) in [6.07, 6.45) is 0.780. The predicted molar refractivity (Wildman–Crippen MR) is 66.7 cm³/mol. The van der Waals surface area contributed by atoms with Crippen LogP contribution >= 0.6 is 11.6 Å². The summed E-state index contributed by atoms with van der Waals surface area (Å²) in [4.78, 5) is 0.821. The monoisotopic (exact) mass is 244 g/mol. The van der Waals surface area contributed by atoms with Crippen molar-refractivity contribution < 1.29 is 4.21 Å². The summed E-state index contributed by atoms with van der Waals surface area (Å²) < 4.78 is 11.7. The maximum atomic E-state index is 12.0. The molecule has 1 rings (SSSR count). The average molecular weight is 245 g/mol. The van der Waals surface area contributed by atoms with E-state index in [1.807, 2.05) is 31.2 Å². The van der Waals surface area contributed by atoms with Crippen molar-refractivity contribution in [2.24, 2.45) is 5.92 Å². The molecule has 3 heteroatoms. The Hall–Kier alpha value is -0.340. The lowest BCUT2D eigenvalue weighted by Crippen LogP contribution is -2.11. The van der Waals surface area contributed by atoms with E-state index in [0.717, 1.165) is 11.3 Å². The van der Waals surface area contributed by atoms with Gasteiger partial charge in [-0.15, -0.1) is 11.6 Å². The van der Waals surface area contributed by atoms with Gasteiger partial charge < -0.3 is 0 Å². The molecule has 0 N–H and O–H groups in total. The van der Waals surface area contributed by atoms with Gasteiger partial charge >= 0.3 is 0 Å². The third kappa shape index (κ3) is 3.96. The van der Waals surface area contributed by atoms with Crippen LogP contribution in [-0.4, -0.2) is 8.92 Å². The van der Waals surface area contributed by atoms with Crippen LogP contribution < -0.4 is 0 Å². The average Bonchev–Trinajstić information content (AvgIpc) is 2.17. The molecule has 15 heavy (non-hydrogen) atoms. The smallest absolute Gasteiger partial charge is 0.114 e. The van der Waals surface area contributed by atoms with E-state index in [-0.39, 0.29) is 4.71 Å². The fourth-order valence-electron chi connectivity index (χ4n) is 1.28. The third-order valence-corrected chi connectivity index (χ3v) is 4.20. The van der Waals surface area contributed by atoms with E-state index in [1.165, 1.54) is 5.56 Å². The molecule has 1 aromatic rings. The number of hydrogen-bond donors (Lipinski definition) is 0. The Kier molecular flexibility index (Phi) is 4.81. The van der Waals surface area contributed by atoms with Crippen LogP contribution in [0.5, 0.6) is 0 Å². The Morgan fingerprint density at radius 1 is 1.27 bits per heavy atom. The van der Waals surface area contributed by atoms with Crippen molar-refractivity contribution in [3.8, 4) is 0 Å². The number of halogens is 1. The van der Waals surface area contributed by atoms with Crippen molar-refractivity contribution in [1.82, 2.24) is 0 Å². The number of aryl methyl sites for hydroxylation is 1. The fourth-order valence-corrected chi connectivity index (χ4v) is 3.20. The zero-order valence-electron chi connectivity index (χ0n) is 9.37. The quantitative estimate of drug-likeness (QED) is 0.738. The summed E-state index contributed by atoms with van der Waals surface area (Å²) in [5, 5.41) is 0. The molecular formula is C12H17ClOS. The van der Waals surface area contributed by atoms with Crippen LogP contribution in [0.15, 0.2) is 29.2 Å². The van der Waals surface area contributed by atoms with Crippen molar-refractivity contribution in [3.63, 3.8) is 0 Å². The zero-order valence-corrected chi connectivity index (χ0v) is 10.9. The minimum Gasteiger partial charge on any atom is -0.253 e. The molecule has 84 valence electrons. The van der Waals surface area contributed by atoms with Crippen molar-refractivity contribution in [2.75, 3.05) is 0 Å². The Labute approximate surface area is 99.3 Å². The van der Waals surface area contributed by atoms with E-state index >= 15 is 0 Å². The van der Waals surface area contributed by atoms with Crippen LogP contribution in [0.4, 0.5) is 0 Å². The van der Waals surface area contributed by atoms with Crippen LogP contribution in [0.1, 0.15) is 25.8 Å². The Balaban J connectivity index is 2.72. The van der Waals surface area contributed by atoms with E-state index < -0.39 is 10.8 Å². The molecule has 0 radical (unpaired) electrons. The molecule has 0 aliphatic rings. The number of hydrogen-bond acceptors (Lipinski definition) is 1. The van der Waals surface area contributed by atoms with Crippen LogP contribution in [0.3, 0.4) is 0 Å². The highest BCUT2D eigenvalue weighted by Gasteiger charge is 2.16. The van der Waals surface area contributed by atoms with Gasteiger partial charge in [0.05, 0.1) is 10.8 Å². The molecule has 0 saturated carbocycles. The standard InChI is InChI=1S/C12H17ClOS/c1-9(2)8-12(13)15(14)11-6-4-10(3)5-7-11/h4-7,9,12H,8H2,1-3H3/t12-,15?/m1/s1. The highest BCUT2D eigenvalue weighted by molar-refractivity contribution is 7.87. The van der Waals surface area contributed by atoms with Crippen molar-refractivity contribution in [1.29, 1.82) is 0 Å². The van der Waals surface area contributed by atoms with E-state index in [1.54, 1.807) is 0 Å². The summed E-state index contributed by atoms with van der Waals surface area (Å²) in [6, 6.07) is 7.71. The normalized spacial score (nSPS) is 15.3.